The Kier molecular flexibility index (Phi) is 3.51. The van der Waals surface area contributed by atoms with Crippen LogP contribution in [0.3, 0.4) is 0 Å². The van der Waals surface area contributed by atoms with Gasteiger partial charge in [0.25, 0.3) is 0 Å². The zero-order valence-corrected chi connectivity index (χ0v) is 12.3. The predicted molar refractivity (Wildman–Crippen MR) is 69.9 cm³/mol. The Morgan fingerprint density at radius 2 is 2.00 bits per heavy atom. The van der Waals surface area contributed by atoms with Crippen LogP contribution in [-0.4, -0.2) is 27.2 Å². The number of esters is 1. The molecule has 0 N–H and O–H groups in total. The van der Waals surface area contributed by atoms with Crippen LogP contribution in [-0.2, 0) is 19.4 Å². The summed E-state index contributed by atoms with van der Waals surface area (Å²) in [5.41, 5.74) is -0.830. The van der Waals surface area contributed by atoms with Crippen molar-refractivity contribution in [2.75, 3.05) is 12.9 Å². The summed E-state index contributed by atoms with van der Waals surface area (Å²) in [6, 6.07) is 6.61. The highest BCUT2D eigenvalue weighted by Gasteiger charge is 2.54. The fourth-order valence-electron chi connectivity index (χ4n) is 1.91. The number of ether oxygens (including phenoxy) is 1. The molecule has 1 aliphatic carbocycles. The quantitative estimate of drug-likeness (QED) is 0.793. The molecule has 2 rings (SSSR count). The maximum atomic E-state index is 12.3. The van der Waals surface area contributed by atoms with E-state index in [0.29, 0.717) is 17.3 Å². The molecule has 0 amide bonds. The Bertz CT molecular complexity index is 575. The summed E-state index contributed by atoms with van der Waals surface area (Å²) >= 11 is 3.22. The van der Waals surface area contributed by atoms with E-state index in [0.717, 1.165) is 0 Å². The number of carbonyl (C=O) groups excluding carboxylic acids is 1. The fraction of sp³-hybridized carbons (Fsp3) is 0.417. The smallest absolute Gasteiger partial charge is 0.312 e. The van der Waals surface area contributed by atoms with Gasteiger partial charge in [-0.2, -0.15) is 0 Å². The number of methoxy groups -OCH3 is 1. The molecule has 0 bridgehead atoms. The Balaban J connectivity index is 2.29. The molecule has 0 radical (unpaired) electrons. The van der Waals surface area contributed by atoms with Gasteiger partial charge in [-0.05, 0) is 40.9 Å². The van der Waals surface area contributed by atoms with E-state index < -0.39 is 21.2 Å². The van der Waals surface area contributed by atoms with Gasteiger partial charge in [0.2, 0.25) is 0 Å². The van der Waals surface area contributed by atoms with Crippen LogP contribution in [0.5, 0.6) is 0 Å². The third-order valence-corrected chi connectivity index (χ3v) is 6.02. The third kappa shape index (κ3) is 2.44. The van der Waals surface area contributed by atoms with Crippen molar-refractivity contribution >= 4 is 31.7 Å². The second-order valence-corrected chi connectivity index (χ2v) is 7.27. The first-order chi connectivity index (χ1) is 8.41. The molecule has 1 fully saturated rings. The second kappa shape index (κ2) is 4.66. The topological polar surface area (TPSA) is 60.4 Å². The number of rotatable bonds is 4. The van der Waals surface area contributed by atoms with Crippen LogP contribution in [0, 0.1) is 5.41 Å². The lowest BCUT2D eigenvalue weighted by Gasteiger charge is -2.13. The lowest BCUT2D eigenvalue weighted by atomic mass is 10.1. The van der Waals surface area contributed by atoms with Crippen molar-refractivity contribution in [2.45, 2.75) is 17.7 Å². The first kappa shape index (κ1) is 13.5. The first-order valence-corrected chi connectivity index (χ1v) is 7.91. The highest BCUT2D eigenvalue weighted by molar-refractivity contribution is 9.10. The van der Waals surface area contributed by atoms with Gasteiger partial charge in [-0.15, -0.1) is 0 Å². The largest absolute Gasteiger partial charge is 0.469 e. The molecule has 6 heteroatoms. The van der Waals surface area contributed by atoms with Gasteiger partial charge in [0, 0.05) is 4.47 Å². The monoisotopic (exact) mass is 332 g/mol. The molecule has 1 aliphatic rings. The molecule has 4 nitrogen and oxygen atoms in total. The molecule has 0 aliphatic heterocycles. The maximum absolute atomic E-state index is 12.3. The van der Waals surface area contributed by atoms with Crippen molar-refractivity contribution < 1.29 is 17.9 Å². The van der Waals surface area contributed by atoms with Crippen molar-refractivity contribution in [3.8, 4) is 0 Å². The van der Waals surface area contributed by atoms with Gasteiger partial charge >= 0.3 is 5.97 Å². The van der Waals surface area contributed by atoms with Gasteiger partial charge in [0.1, 0.15) is 0 Å². The SMILES string of the molecule is COC(=O)C1(CS(=O)(=O)c2ccccc2Br)CC1. The number of sulfone groups is 1. The van der Waals surface area contributed by atoms with Crippen LogP contribution in [0.15, 0.2) is 33.6 Å². The lowest BCUT2D eigenvalue weighted by molar-refractivity contribution is -0.146. The van der Waals surface area contributed by atoms with Crippen LogP contribution < -0.4 is 0 Å². The molecular weight excluding hydrogens is 320 g/mol. The van der Waals surface area contributed by atoms with Crippen molar-refractivity contribution in [2.24, 2.45) is 5.41 Å². The van der Waals surface area contributed by atoms with Gasteiger partial charge < -0.3 is 4.74 Å². The van der Waals surface area contributed by atoms with E-state index in [1.807, 2.05) is 0 Å². The lowest BCUT2D eigenvalue weighted by Crippen LogP contribution is -2.26. The normalized spacial score (nSPS) is 17.2. The van der Waals surface area contributed by atoms with E-state index in [-0.39, 0.29) is 10.6 Å². The zero-order valence-electron chi connectivity index (χ0n) is 9.85. The molecule has 0 saturated heterocycles. The van der Waals surface area contributed by atoms with Gasteiger partial charge in [-0.25, -0.2) is 8.42 Å². The molecule has 1 aromatic rings. The number of hydrogen-bond acceptors (Lipinski definition) is 4. The van der Waals surface area contributed by atoms with Crippen LogP contribution in [0.1, 0.15) is 12.8 Å². The molecule has 0 aromatic heterocycles. The van der Waals surface area contributed by atoms with Crippen LogP contribution >= 0.6 is 15.9 Å². The molecule has 1 aromatic carbocycles. The molecular formula is C12H13BrO4S. The Morgan fingerprint density at radius 3 is 2.50 bits per heavy atom. The molecule has 0 atom stereocenters. The van der Waals surface area contributed by atoms with E-state index in [2.05, 4.69) is 20.7 Å². The van der Waals surface area contributed by atoms with E-state index in [4.69, 9.17) is 0 Å². The van der Waals surface area contributed by atoms with E-state index in [1.54, 1.807) is 18.2 Å². The van der Waals surface area contributed by atoms with E-state index in [9.17, 15) is 13.2 Å². The maximum Gasteiger partial charge on any atom is 0.312 e. The minimum atomic E-state index is -3.49. The Labute approximate surface area is 114 Å². The Morgan fingerprint density at radius 1 is 1.39 bits per heavy atom. The molecule has 1 saturated carbocycles. The number of benzene rings is 1. The van der Waals surface area contributed by atoms with E-state index >= 15 is 0 Å². The third-order valence-electron chi connectivity index (χ3n) is 3.11. The minimum absolute atomic E-state index is 0.185. The predicted octanol–water partition coefficient (Wildman–Crippen LogP) is 2.18. The standard InChI is InChI=1S/C12H13BrO4S/c1-17-11(14)12(6-7-12)8-18(15,16)10-5-3-2-4-9(10)13/h2-5H,6-8H2,1H3. The second-order valence-electron chi connectivity index (χ2n) is 4.46. The summed E-state index contributed by atoms with van der Waals surface area (Å²) in [7, 11) is -2.20. The van der Waals surface area contributed by atoms with Crippen LogP contribution in [0.25, 0.3) is 0 Å². The van der Waals surface area contributed by atoms with Crippen LogP contribution in [0.2, 0.25) is 0 Å². The summed E-state index contributed by atoms with van der Waals surface area (Å²) in [4.78, 5) is 11.8. The Hall–Kier alpha value is -0.880. The van der Waals surface area contributed by atoms with Gasteiger partial charge in [-0.3, -0.25) is 4.79 Å². The summed E-state index contributed by atoms with van der Waals surface area (Å²) < 4.78 is 29.8. The highest BCUT2D eigenvalue weighted by atomic mass is 79.9. The molecule has 18 heavy (non-hydrogen) atoms. The minimum Gasteiger partial charge on any atom is -0.469 e. The molecule has 0 heterocycles. The van der Waals surface area contributed by atoms with Gasteiger partial charge in [0.05, 0.1) is 23.2 Å². The number of halogens is 1. The van der Waals surface area contributed by atoms with Gasteiger partial charge in [0.15, 0.2) is 9.84 Å². The van der Waals surface area contributed by atoms with Crippen molar-refractivity contribution in [1.29, 1.82) is 0 Å². The van der Waals surface area contributed by atoms with E-state index in [1.165, 1.54) is 13.2 Å². The first-order valence-electron chi connectivity index (χ1n) is 5.47. The van der Waals surface area contributed by atoms with Crippen LogP contribution in [0.4, 0.5) is 0 Å². The summed E-state index contributed by atoms with van der Waals surface area (Å²) in [6.45, 7) is 0. The zero-order chi connectivity index (χ0) is 13.4. The fourth-order valence-corrected chi connectivity index (χ4v) is 4.88. The van der Waals surface area contributed by atoms with Gasteiger partial charge in [-0.1, -0.05) is 12.1 Å². The summed E-state index contributed by atoms with van der Waals surface area (Å²) in [6.07, 6.45) is 1.15. The number of carbonyl (C=O) groups is 1. The van der Waals surface area contributed by atoms with Crippen molar-refractivity contribution in [1.82, 2.24) is 0 Å². The summed E-state index contributed by atoms with van der Waals surface area (Å²) in [5, 5.41) is 0. The molecule has 0 unspecified atom stereocenters. The average molecular weight is 333 g/mol. The average Bonchev–Trinajstić information content (AvgIpc) is 3.08. The van der Waals surface area contributed by atoms with Crippen molar-refractivity contribution in [3.05, 3.63) is 28.7 Å². The highest BCUT2D eigenvalue weighted by Crippen LogP contribution is 2.48. The van der Waals surface area contributed by atoms with Crippen molar-refractivity contribution in [3.63, 3.8) is 0 Å². The molecule has 98 valence electrons. The number of hydrogen-bond donors (Lipinski definition) is 0. The molecule has 0 spiro atoms. The summed E-state index contributed by atoms with van der Waals surface area (Å²) in [5.74, 6) is -0.618.